The predicted molar refractivity (Wildman–Crippen MR) is 64.0 cm³/mol. The van der Waals surface area contributed by atoms with Crippen molar-refractivity contribution in [2.45, 2.75) is 51.9 Å². The van der Waals surface area contributed by atoms with Gasteiger partial charge in [0.25, 0.3) is 0 Å². The van der Waals surface area contributed by atoms with Crippen LogP contribution in [0.15, 0.2) is 5.10 Å². The van der Waals surface area contributed by atoms with Crippen molar-refractivity contribution in [3.63, 3.8) is 0 Å². The molecule has 1 rings (SSSR count). The fourth-order valence-electron chi connectivity index (χ4n) is 2.18. The average Bonchev–Trinajstić information content (AvgIpc) is 2.41. The third-order valence-electron chi connectivity index (χ3n) is 2.95. The molecule has 15 heavy (non-hydrogen) atoms. The zero-order chi connectivity index (χ0) is 11.1. The average molecular weight is 210 g/mol. The Hall–Kier alpha value is -1.06. The van der Waals surface area contributed by atoms with Gasteiger partial charge < -0.3 is 5.73 Å². The number of hydrogen-bond acceptors (Lipinski definition) is 2. The molecule has 0 aliphatic heterocycles. The summed E-state index contributed by atoms with van der Waals surface area (Å²) in [6, 6.07) is 0. The van der Waals surface area contributed by atoms with Crippen molar-refractivity contribution < 1.29 is 0 Å². The molecule has 1 atom stereocenters. The summed E-state index contributed by atoms with van der Waals surface area (Å²) in [7, 11) is 0. The van der Waals surface area contributed by atoms with Gasteiger partial charge in [-0.05, 0) is 31.6 Å². The summed E-state index contributed by atoms with van der Waals surface area (Å²) >= 11 is 0. The molecule has 1 fully saturated rings. The predicted octanol–water partition coefficient (Wildman–Crippen LogP) is 2.21. The maximum Gasteiger partial charge on any atom is 0.206 e. The second kappa shape index (κ2) is 6.43. The third-order valence-corrected chi connectivity index (χ3v) is 2.95. The molecule has 0 aromatic carbocycles. The quantitative estimate of drug-likeness (QED) is 0.289. The monoisotopic (exact) mass is 210 g/mol. The van der Waals surface area contributed by atoms with Crippen LogP contribution in [0.2, 0.25) is 0 Å². The number of nitrogens with zero attached hydrogens (tertiary/aromatic N) is 1. The number of nitrogens with one attached hydrogen (secondary N) is 2. The van der Waals surface area contributed by atoms with Gasteiger partial charge >= 0.3 is 0 Å². The van der Waals surface area contributed by atoms with E-state index in [0.717, 1.165) is 18.8 Å². The molecule has 86 valence electrons. The zero-order valence-corrected chi connectivity index (χ0v) is 9.55. The van der Waals surface area contributed by atoms with Crippen molar-refractivity contribution in [3.8, 4) is 0 Å². The highest BCUT2D eigenvalue weighted by Crippen LogP contribution is 2.25. The van der Waals surface area contributed by atoms with E-state index in [1.807, 2.05) is 0 Å². The molecule has 4 N–H and O–H groups in total. The van der Waals surface area contributed by atoms with Gasteiger partial charge in [-0.25, -0.2) is 5.43 Å². The molecule has 0 heterocycles. The number of nitrogens with two attached hydrogens (primary N) is 1. The van der Waals surface area contributed by atoms with Crippen LogP contribution < -0.4 is 11.2 Å². The highest BCUT2D eigenvalue weighted by Gasteiger charge is 2.14. The lowest BCUT2D eigenvalue weighted by atomic mass is 9.95. The molecule has 0 aromatic rings. The number of hydrazone groups is 1. The van der Waals surface area contributed by atoms with Crippen molar-refractivity contribution >= 4 is 11.7 Å². The molecule has 4 heteroatoms. The standard InChI is InChI=1S/C11H22N4/c1-2-4-9-5-3-6-10(8-7-9)14-15-11(12)13/h9H,2-8H2,1H3,(H4,12,13,15). The normalized spacial score (nSPS) is 24.9. The first-order chi connectivity index (χ1) is 7.22. The molecule has 1 saturated carbocycles. The van der Waals surface area contributed by atoms with Crippen molar-refractivity contribution in [3.05, 3.63) is 0 Å². The van der Waals surface area contributed by atoms with Gasteiger partial charge in [-0.2, -0.15) is 5.10 Å². The Labute approximate surface area is 91.8 Å². The van der Waals surface area contributed by atoms with Crippen LogP contribution >= 0.6 is 0 Å². The van der Waals surface area contributed by atoms with Crippen LogP contribution in [0.5, 0.6) is 0 Å². The lowest BCUT2D eigenvalue weighted by molar-refractivity contribution is 0.426. The number of guanidine groups is 1. The Morgan fingerprint density at radius 2 is 2.33 bits per heavy atom. The minimum atomic E-state index is -0.0724. The number of rotatable bonds is 3. The fraction of sp³-hybridized carbons (Fsp3) is 0.818. The van der Waals surface area contributed by atoms with E-state index in [1.54, 1.807) is 0 Å². The summed E-state index contributed by atoms with van der Waals surface area (Å²) in [4.78, 5) is 0. The zero-order valence-electron chi connectivity index (χ0n) is 9.55. The van der Waals surface area contributed by atoms with Gasteiger partial charge in [0.15, 0.2) is 0 Å². The Morgan fingerprint density at radius 1 is 1.53 bits per heavy atom. The molecular formula is C11H22N4. The van der Waals surface area contributed by atoms with E-state index in [9.17, 15) is 0 Å². The summed E-state index contributed by atoms with van der Waals surface area (Å²) in [5.41, 5.74) is 8.90. The lowest BCUT2D eigenvalue weighted by Crippen LogP contribution is -2.26. The Kier molecular flexibility index (Phi) is 5.15. The van der Waals surface area contributed by atoms with Gasteiger partial charge in [0.2, 0.25) is 5.96 Å². The van der Waals surface area contributed by atoms with Gasteiger partial charge in [0, 0.05) is 5.71 Å². The van der Waals surface area contributed by atoms with E-state index in [-0.39, 0.29) is 5.96 Å². The maximum atomic E-state index is 7.03. The smallest absolute Gasteiger partial charge is 0.206 e. The molecule has 0 spiro atoms. The second-order valence-corrected chi connectivity index (χ2v) is 4.29. The molecule has 0 amide bonds. The van der Waals surface area contributed by atoms with E-state index in [4.69, 9.17) is 11.1 Å². The van der Waals surface area contributed by atoms with Crippen LogP contribution in [0.3, 0.4) is 0 Å². The summed E-state index contributed by atoms with van der Waals surface area (Å²) in [6.45, 7) is 2.25. The van der Waals surface area contributed by atoms with Crippen LogP contribution in [0, 0.1) is 11.3 Å². The summed E-state index contributed by atoms with van der Waals surface area (Å²) in [6.07, 6.45) is 8.53. The van der Waals surface area contributed by atoms with E-state index < -0.39 is 0 Å². The first-order valence-electron chi connectivity index (χ1n) is 5.87. The van der Waals surface area contributed by atoms with Gasteiger partial charge in [0.1, 0.15) is 0 Å². The van der Waals surface area contributed by atoms with E-state index >= 15 is 0 Å². The van der Waals surface area contributed by atoms with Gasteiger partial charge in [-0.3, -0.25) is 5.41 Å². The van der Waals surface area contributed by atoms with Crippen LogP contribution in [-0.4, -0.2) is 11.7 Å². The van der Waals surface area contributed by atoms with Gasteiger partial charge in [-0.15, -0.1) is 0 Å². The summed E-state index contributed by atoms with van der Waals surface area (Å²) in [5, 5.41) is 11.2. The van der Waals surface area contributed by atoms with Crippen LogP contribution in [0.4, 0.5) is 0 Å². The summed E-state index contributed by atoms with van der Waals surface area (Å²) < 4.78 is 0. The molecule has 0 saturated heterocycles. The van der Waals surface area contributed by atoms with Crippen LogP contribution in [0.1, 0.15) is 51.9 Å². The van der Waals surface area contributed by atoms with Crippen LogP contribution in [-0.2, 0) is 0 Å². The molecule has 0 radical (unpaired) electrons. The molecule has 0 bridgehead atoms. The van der Waals surface area contributed by atoms with E-state index in [1.165, 1.54) is 37.8 Å². The van der Waals surface area contributed by atoms with E-state index in [0.29, 0.717) is 0 Å². The molecular weight excluding hydrogens is 188 g/mol. The second-order valence-electron chi connectivity index (χ2n) is 4.29. The van der Waals surface area contributed by atoms with E-state index in [2.05, 4.69) is 17.5 Å². The number of hydrogen-bond donors (Lipinski definition) is 3. The Bertz CT molecular complexity index is 235. The highest BCUT2D eigenvalue weighted by atomic mass is 15.3. The lowest BCUT2D eigenvalue weighted by Gasteiger charge is -2.10. The maximum absolute atomic E-state index is 7.03. The molecule has 4 nitrogen and oxygen atoms in total. The first kappa shape index (κ1) is 12.0. The first-order valence-corrected chi connectivity index (χ1v) is 5.87. The van der Waals surface area contributed by atoms with Crippen molar-refractivity contribution in [2.75, 3.05) is 0 Å². The summed E-state index contributed by atoms with van der Waals surface area (Å²) in [5.74, 6) is 0.803. The molecule has 1 aliphatic rings. The fourth-order valence-corrected chi connectivity index (χ4v) is 2.18. The van der Waals surface area contributed by atoms with Crippen molar-refractivity contribution in [1.82, 2.24) is 5.43 Å². The minimum absolute atomic E-state index is 0.0724. The molecule has 0 aromatic heterocycles. The van der Waals surface area contributed by atoms with Crippen molar-refractivity contribution in [1.29, 1.82) is 5.41 Å². The molecule has 1 aliphatic carbocycles. The minimum Gasteiger partial charge on any atom is -0.369 e. The molecule has 1 unspecified atom stereocenters. The Balaban J connectivity index is 2.38. The largest absolute Gasteiger partial charge is 0.369 e. The van der Waals surface area contributed by atoms with Gasteiger partial charge in [0.05, 0.1) is 0 Å². The van der Waals surface area contributed by atoms with Gasteiger partial charge in [-0.1, -0.05) is 26.2 Å². The van der Waals surface area contributed by atoms with Crippen molar-refractivity contribution in [2.24, 2.45) is 16.8 Å². The highest BCUT2D eigenvalue weighted by molar-refractivity contribution is 5.86. The third kappa shape index (κ3) is 4.81. The SMILES string of the molecule is CCCC1CCCC(=NNC(=N)N)CC1. The Morgan fingerprint density at radius 3 is 3.00 bits per heavy atom. The van der Waals surface area contributed by atoms with Crippen LogP contribution in [0.25, 0.3) is 0 Å². The topological polar surface area (TPSA) is 74.3 Å².